The van der Waals surface area contributed by atoms with Gasteiger partial charge < -0.3 is 20.2 Å². The summed E-state index contributed by atoms with van der Waals surface area (Å²) in [4.78, 5) is 27.3. The maximum absolute atomic E-state index is 12.2. The van der Waals surface area contributed by atoms with Crippen molar-refractivity contribution in [3.63, 3.8) is 0 Å². The van der Waals surface area contributed by atoms with E-state index in [1.165, 1.54) is 0 Å². The summed E-state index contributed by atoms with van der Waals surface area (Å²) in [5, 5.41) is 14.9. The molecule has 0 radical (unpaired) electrons. The predicted octanol–water partition coefficient (Wildman–Crippen LogP) is 5.51. The molecular formula is C27H27N3O4. The molecule has 1 atom stereocenters. The van der Waals surface area contributed by atoms with E-state index in [1.54, 1.807) is 12.1 Å². The number of hydrogen-bond acceptors (Lipinski definition) is 5. The normalized spacial score (nSPS) is 12.0. The second-order valence-corrected chi connectivity index (χ2v) is 8.45. The van der Waals surface area contributed by atoms with Crippen molar-refractivity contribution in [2.75, 3.05) is 11.9 Å². The number of hydrogen-bond donors (Lipinski definition) is 3. The van der Waals surface area contributed by atoms with Gasteiger partial charge in [-0.15, -0.1) is 0 Å². The summed E-state index contributed by atoms with van der Waals surface area (Å²) in [5.74, 6) is -0.322. The summed E-state index contributed by atoms with van der Waals surface area (Å²) in [6, 6.07) is 23.1. The number of carbonyl (C=O) groups is 2. The van der Waals surface area contributed by atoms with Gasteiger partial charge in [0.2, 0.25) is 5.89 Å². The molecule has 0 spiro atoms. The highest BCUT2D eigenvalue weighted by molar-refractivity contribution is 5.94. The van der Waals surface area contributed by atoms with Gasteiger partial charge in [-0.05, 0) is 60.0 Å². The number of aliphatic carboxylic acids is 1. The largest absolute Gasteiger partial charge is 0.481 e. The van der Waals surface area contributed by atoms with Crippen LogP contribution in [-0.2, 0) is 4.79 Å². The fourth-order valence-electron chi connectivity index (χ4n) is 3.75. The third-order valence-electron chi connectivity index (χ3n) is 5.57. The number of nitrogens with zero attached hydrogens (tertiary/aromatic N) is 1. The summed E-state index contributed by atoms with van der Waals surface area (Å²) in [7, 11) is 0. The minimum atomic E-state index is -0.943. The average molecular weight is 458 g/mol. The van der Waals surface area contributed by atoms with E-state index in [1.807, 2.05) is 48.5 Å². The van der Waals surface area contributed by atoms with Crippen molar-refractivity contribution in [3.8, 4) is 11.5 Å². The number of carboxylic acid groups (broad SMARTS) is 1. The molecule has 0 aliphatic heterocycles. The van der Waals surface area contributed by atoms with Crippen LogP contribution >= 0.6 is 0 Å². The Morgan fingerprint density at radius 1 is 0.971 bits per heavy atom. The van der Waals surface area contributed by atoms with Crippen LogP contribution < -0.4 is 10.6 Å². The third-order valence-corrected chi connectivity index (χ3v) is 5.57. The van der Waals surface area contributed by atoms with E-state index in [9.17, 15) is 9.59 Å². The van der Waals surface area contributed by atoms with E-state index < -0.39 is 5.97 Å². The summed E-state index contributed by atoms with van der Waals surface area (Å²) < 4.78 is 5.88. The molecule has 3 N–H and O–H groups in total. The molecule has 34 heavy (non-hydrogen) atoms. The number of rotatable bonds is 9. The number of fused-ring (bicyclic) bond motifs is 1. The zero-order valence-electron chi connectivity index (χ0n) is 19.1. The predicted molar refractivity (Wildman–Crippen MR) is 132 cm³/mol. The van der Waals surface area contributed by atoms with Crippen LogP contribution in [0.4, 0.5) is 5.69 Å². The minimum Gasteiger partial charge on any atom is -0.481 e. The Bertz CT molecular complexity index is 1240. The van der Waals surface area contributed by atoms with Gasteiger partial charge in [0.05, 0.1) is 12.5 Å². The number of benzene rings is 3. The number of carbonyl (C=O) groups excluding carboxylic acids is 1. The first kappa shape index (κ1) is 23.0. The second kappa shape index (κ2) is 10.2. The van der Waals surface area contributed by atoms with Crippen molar-refractivity contribution in [2.24, 2.45) is 5.92 Å². The van der Waals surface area contributed by atoms with Crippen molar-refractivity contribution in [1.29, 1.82) is 0 Å². The lowest BCUT2D eigenvalue weighted by Crippen LogP contribution is -2.26. The monoisotopic (exact) mass is 457 g/mol. The number of para-hydroxylation sites is 2. The number of aromatic nitrogens is 1. The zero-order valence-corrected chi connectivity index (χ0v) is 19.1. The molecule has 0 fully saturated rings. The number of carboxylic acids is 1. The quantitative estimate of drug-likeness (QED) is 0.306. The molecule has 1 amide bonds. The smallest absolute Gasteiger partial charge is 0.305 e. The van der Waals surface area contributed by atoms with E-state index in [-0.39, 0.29) is 24.9 Å². The van der Waals surface area contributed by atoms with Crippen LogP contribution in [0.5, 0.6) is 0 Å². The Morgan fingerprint density at radius 2 is 1.68 bits per heavy atom. The Balaban J connectivity index is 1.45. The molecule has 174 valence electrons. The van der Waals surface area contributed by atoms with Crippen LogP contribution in [0.3, 0.4) is 0 Å². The molecule has 1 aromatic heterocycles. The highest BCUT2D eigenvalue weighted by Crippen LogP contribution is 2.30. The Morgan fingerprint density at radius 3 is 2.32 bits per heavy atom. The summed E-state index contributed by atoms with van der Waals surface area (Å²) in [5.41, 5.74) is 5.03. The molecule has 0 saturated carbocycles. The van der Waals surface area contributed by atoms with E-state index in [2.05, 4.69) is 41.6 Å². The van der Waals surface area contributed by atoms with Gasteiger partial charge in [-0.2, -0.15) is 0 Å². The zero-order chi connectivity index (χ0) is 24.1. The molecule has 0 bridgehead atoms. The van der Waals surface area contributed by atoms with E-state index >= 15 is 0 Å². The topological polar surface area (TPSA) is 104 Å². The molecule has 0 aliphatic rings. The lowest BCUT2D eigenvalue weighted by atomic mass is 9.94. The Kier molecular flexibility index (Phi) is 6.92. The van der Waals surface area contributed by atoms with E-state index in [0.29, 0.717) is 17.4 Å². The molecule has 0 saturated heterocycles. The first-order valence-electron chi connectivity index (χ1n) is 11.2. The van der Waals surface area contributed by atoms with Crippen LogP contribution in [-0.4, -0.2) is 28.5 Å². The third kappa shape index (κ3) is 5.43. The molecule has 4 rings (SSSR count). The molecular weight excluding hydrogens is 430 g/mol. The van der Waals surface area contributed by atoms with Gasteiger partial charge in [-0.3, -0.25) is 9.59 Å². The molecule has 7 nitrogen and oxygen atoms in total. The van der Waals surface area contributed by atoms with Crippen molar-refractivity contribution < 1.29 is 19.1 Å². The number of nitrogens with one attached hydrogen (secondary N) is 2. The summed E-state index contributed by atoms with van der Waals surface area (Å²) in [6.45, 7) is 4.40. The highest BCUT2D eigenvalue weighted by Gasteiger charge is 2.17. The van der Waals surface area contributed by atoms with Crippen molar-refractivity contribution in [1.82, 2.24) is 10.3 Å². The molecule has 3 aromatic carbocycles. The van der Waals surface area contributed by atoms with Gasteiger partial charge in [0, 0.05) is 23.4 Å². The van der Waals surface area contributed by atoms with Crippen LogP contribution in [0.2, 0.25) is 0 Å². The maximum atomic E-state index is 12.2. The van der Waals surface area contributed by atoms with Gasteiger partial charge in [0.25, 0.3) is 5.91 Å². The molecule has 7 heteroatoms. The highest BCUT2D eigenvalue weighted by atomic mass is 16.4. The van der Waals surface area contributed by atoms with Gasteiger partial charge in [0.15, 0.2) is 5.58 Å². The molecule has 0 unspecified atom stereocenters. The van der Waals surface area contributed by atoms with Gasteiger partial charge >= 0.3 is 5.97 Å². The van der Waals surface area contributed by atoms with E-state index in [4.69, 9.17) is 9.52 Å². The first-order valence-corrected chi connectivity index (χ1v) is 11.2. The van der Waals surface area contributed by atoms with E-state index in [0.717, 1.165) is 27.9 Å². The maximum Gasteiger partial charge on any atom is 0.305 e. The van der Waals surface area contributed by atoms with Crippen molar-refractivity contribution >= 4 is 28.7 Å². The molecule has 1 heterocycles. The van der Waals surface area contributed by atoms with Crippen LogP contribution in [0, 0.1) is 5.92 Å². The average Bonchev–Trinajstić information content (AvgIpc) is 3.27. The van der Waals surface area contributed by atoms with Crippen LogP contribution in [0.15, 0.2) is 77.2 Å². The number of amides is 1. The second-order valence-electron chi connectivity index (χ2n) is 8.45. The van der Waals surface area contributed by atoms with Crippen LogP contribution in [0.1, 0.15) is 42.2 Å². The summed E-state index contributed by atoms with van der Waals surface area (Å²) in [6.07, 6.45) is -0.105. The standard InChI is InChI=1S/C27H27N3O4/c1-17(2)25(29-21-13-11-19(12-14-21)26(33)28-16-15-24(31)32)18-7-9-20(10-8-18)27-30-22-5-3-4-6-23(22)34-27/h3-14,17,25,29H,15-16H2,1-2H3,(H,28,33)(H,31,32)/t25-/m1/s1. The summed E-state index contributed by atoms with van der Waals surface area (Å²) >= 11 is 0. The number of oxazole rings is 1. The van der Waals surface area contributed by atoms with Crippen LogP contribution in [0.25, 0.3) is 22.6 Å². The lowest BCUT2D eigenvalue weighted by Gasteiger charge is -2.24. The van der Waals surface area contributed by atoms with Gasteiger partial charge in [0.1, 0.15) is 5.52 Å². The fraction of sp³-hybridized carbons (Fsp3) is 0.222. The van der Waals surface area contributed by atoms with Crippen molar-refractivity contribution in [3.05, 3.63) is 83.9 Å². The SMILES string of the molecule is CC(C)[C@@H](Nc1ccc(C(=O)NCCC(=O)O)cc1)c1ccc(-c2nc3ccccc3o2)cc1. The number of anilines is 1. The first-order chi connectivity index (χ1) is 16.4. The minimum absolute atomic E-state index is 0.0629. The molecule has 4 aromatic rings. The van der Waals surface area contributed by atoms with Gasteiger partial charge in [-0.1, -0.05) is 38.1 Å². The Labute approximate surface area is 197 Å². The fourth-order valence-corrected chi connectivity index (χ4v) is 3.75. The molecule has 0 aliphatic carbocycles. The Hall–Kier alpha value is -4.13. The van der Waals surface area contributed by atoms with Crippen molar-refractivity contribution in [2.45, 2.75) is 26.3 Å². The van der Waals surface area contributed by atoms with Gasteiger partial charge in [-0.25, -0.2) is 4.98 Å². The lowest BCUT2D eigenvalue weighted by molar-refractivity contribution is -0.136.